The fourth-order valence-corrected chi connectivity index (χ4v) is 3.98. The molecule has 0 fully saturated rings. The number of anilines is 1. The Morgan fingerprint density at radius 3 is 2.61 bits per heavy atom. The average molecular weight is 419 g/mol. The second-order valence-corrected chi connectivity index (χ2v) is 7.62. The number of aromatic nitrogens is 1. The zero-order valence-electron chi connectivity index (χ0n) is 15.4. The van der Waals surface area contributed by atoms with Crippen LogP contribution in [0.5, 0.6) is 11.5 Å². The van der Waals surface area contributed by atoms with Crippen molar-refractivity contribution >= 4 is 34.1 Å². The lowest BCUT2D eigenvalue weighted by Crippen LogP contribution is -2.13. The summed E-state index contributed by atoms with van der Waals surface area (Å²) in [7, 11) is 3.17. The first kappa shape index (κ1) is 20.2. The number of nitrogens with one attached hydrogen (secondary N) is 1. The summed E-state index contributed by atoms with van der Waals surface area (Å²) in [5, 5.41) is 5.23. The fourth-order valence-electron chi connectivity index (χ4n) is 2.46. The van der Waals surface area contributed by atoms with E-state index in [1.807, 2.05) is 23.6 Å². The standard InChI is InChI=1S/C20H19FN2O3S2/c1-25-17-8-5-14(9-18(17)26-2)16-11-28-20(22-16)23-19(24)12-27-10-13-3-6-15(21)7-4-13/h3-9,11H,10,12H2,1-2H3,(H,22,23,24). The number of carbonyl (C=O) groups excluding carboxylic acids is 1. The Labute approximate surface area is 170 Å². The van der Waals surface area contributed by atoms with Crippen molar-refractivity contribution in [1.82, 2.24) is 4.98 Å². The second kappa shape index (κ2) is 9.57. The first-order valence-corrected chi connectivity index (χ1v) is 10.4. The number of thioether (sulfide) groups is 1. The van der Waals surface area contributed by atoms with E-state index in [-0.39, 0.29) is 11.7 Å². The van der Waals surface area contributed by atoms with E-state index in [1.54, 1.807) is 26.4 Å². The Hall–Kier alpha value is -2.58. The Morgan fingerprint density at radius 1 is 1.14 bits per heavy atom. The predicted octanol–water partition coefficient (Wildman–Crippen LogP) is 4.84. The van der Waals surface area contributed by atoms with Gasteiger partial charge in [0, 0.05) is 16.7 Å². The number of carbonyl (C=O) groups is 1. The van der Waals surface area contributed by atoms with Gasteiger partial charge in [0.05, 0.1) is 25.7 Å². The smallest absolute Gasteiger partial charge is 0.236 e. The molecule has 1 amide bonds. The number of thiazole rings is 1. The zero-order valence-corrected chi connectivity index (χ0v) is 17.0. The third-order valence-electron chi connectivity index (χ3n) is 3.84. The summed E-state index contributed by atoms with van der Waals surface area (Å²) in [5.74, 6) is 1.82. The van der Waals surface area contributed by atoms with Gasteiger partial charge in [0.2, 0.25) is 5.91 Å². The zero-order chi connectivity index (χ0) is 19.9. The minimum atomic E-state index is -0.263. The van der Waals surface area contributed by atoms with E-state index in [4.69, 9.17) is 9.47 Å². The molecule has 2 aromatic carbocycles. The molecule has 0 atom stereocenters. The molecule has 0 spiro atoms. The third kappa shape index (κ3) is 5.24. The largest absolute Gasteiger partial charge is 0.493 e. The number of nitrogens with zero attached hydrogens (tertiary/aromatic N) is 1. The number of hydrogen-bond acceptors (Lipinski definition) is 6. The second-order valence-electron chi connectivity index (χ2n) is 5.78. The highest BCUT2D eigenvalue weighted by molar-refractivity contribution is 7.99. The van der Waals surface area contributed by atoms with Gasteiger partial charge in [0.15, 0.2) is 16.6 Å². The van der Waals surface area contributed by atoms with E-state index >= 15 is 0 Å². The summed E-state index contributed by atoms with van der Waals surface area (Å²) in [6.45, 7) is 0. The van der Waals surface area contributed by atoms with E-state index < -0.39 is 0 Å². The van der Waals surface area contributed by atoms with Gasteiger partial charge >= 0.3 is 0 Å². The van der Waals surface area contributed by atoms with Crippen molar-refractivity contribution < 1.29 is 18.7 Å². The topological polar surface area (TPSA) is 60.5 Å². The highest BCUT2D eigenvalue weighted by Gasteiger charge is 2.11. The van der Waals surface area contributed by atoms with Crippen LogP contribution in [-0.2, 0) is 10.5 Å². The molecule has 0 aliphatic heterocycles. The normalized spacial score (nSPS) is 10.5. The molecule has 0 saturated heterocycles. The predicted molar refractivity (Wildman–Crippen MR) is 112 cm³/mol. The monoisotopic (exact) mass is 418 g/mol. The molecule has 1 aromatic heterocycles. The summed E-state index contributed by atoms with van der Waals surface area (Å²) < 4.78 is 23.4. The van der Waals surface area contributed by atoms with Crippen molar-refractivity contribution in [3.05, 3.63) is 59.2 Å². The van der Waals surface area contributed by atoms with Crippen molar-refractivity contribution in [3.63, 3.8) is 0 Å². The van der Waals surface area contributed by atoms with Gasteiger partial charge in [-0.05, 0) is 35.9 Å². The van der Waals surface area contributed by atoms with Crippen LogP contribution in [0.25, 0.3) is 11.3 Å². The minimum absolute atomic E-state index is 0.125. The number of ether oxygens (including phenoxy) is 2. The van der Waals surface area contributed by atoms with Crippen LogP contribution in [0.1, 0.15) is 5.56 Å². The molecule has 1 N–H and O–H groups in total. The van der Waals surface area contributed by atoms with Gasteiger partial charge in [-0.1, -0.05) is 12.1 Å². The maximum Gasteiger partial charge on any atom is 0.236 e. The summed E-state index contributed by atoms with van der Waals surface area (Å²) in [5.41, 5.74) is 2.60. The van der Waals surface area contributed by atoms with E-state index in [0.717, 1.165) is 16.8 Å². The Kier molecular flexibility index (Phi) is 6.89. The highest BCUT2D eigenvalue weighted by atomic mass is 32.2. The van der Waals surface area contributed by atoms with E-state index in [0.29, 0.717) is 28.1 Å². The van der Waals surface area contributed by atoms with Crippen molar-refractivity contribution in [3.8, 4) is 22.8 Å². The molecular formula is C20H19FN2O3S2. The van der Waals surface area contributed by atoms with Gasteiger partial charge in [0.25, 0.3) is 0 Å². The van der Waals surface area contributed by atoms with E-state index in [2.05, 4.69) is 10.3 Å². The van der Waals surface area contributed by atoms with Crippen LogP contribution in [0.3, 0.4) is 0 Å². The maximum absolute atomic E-state index is 12.9. The molecule has 3 rings (SSSR count). The van der Waals surface area contributed by atoms with E-state index in [9.17, 15) is 9.18 Å². The molecule has 0 unspecified atom stereocenters. The molecule has 0 radical (unpaired) electrons. The van der Waals surface area contributed by atoms with Crippen LogP contribution in [-0.4, -0.2) is 30.9 Å². The van der Waals surface area contributed by atoms with Crippen molar-refractivity contribution in [1.29, 1.82) is 0 Å². The molecule has 28 heavy (non-hydrogen) atoms. The number of hydrogen-bond donors (Lipinski definition) is 1. The number of methoxy groups -OCH3 is 2. The number of amides is 1. The highest BCUT2D eigenvalue weighted by Crippen LogP contribution is 2.33. The SMILES string of the molecule is COc1ccc(-c2csc(NC(=O)CSCc3ccc(F)cc3)n2)cc1OC. The Bertz CT molecular complexity index is 945. The van der Waals surface area contributed by atoms with Crippen molar-refractivity contribution in [2.45, 2.75) is 5.75 Å². The first-order chi connectivity index (χ1) is 13.6. The van der Waals surface area contributed by atoms with Crippen LogP contribution < -0.4 is 14.8 Å². The molecule has 3 aromatic rings. The quantitative estimate of drug-likeness (QED) is 0.567. The Balaban J connectivity index is 1.55. The lowest BCUT2D eigenvalue weighted by molar-refractivity contribution is -0.113. The summed E-state index contributed by atoms with van der Waals surface area (Å²) in [4.78, 5) is 16.6. The van der Waals surface area contributed by atoms with Crippen LogP contribution in [0, 0.1) is 5.82 Å². The molecule has 0 saturated carbocycles. The van der Waals surface area contributed by atoms with Crippen LogP contribution >= 0.6 is 23.1 Å². The van der Waals surface area contributed by atoms with E-state index in [1.165, 1.54) is 35.2 Å². The third-order valence-corrected chi connectivity index (χ3v) is 5.61. The number of halogens is 1. The first-order valence-electron chi connectivity index (χ1n) is 8.39. The van der Waals surface area contributed by atoms with Gasteiger partial charge in [-0.15, -0.1) is 23.1 Å². The summed E-state index contributed by atoms with van der Waals surface area (Å²) >= 11 is 2.83. The molecule has 0 aliphatic carbocycles. The fraction of sp³-hybridized carbons (Fsp3) is 0.200. The Morgan fingerprint density at radius 2 is 1.89 bits per heavy atom. The average Bonchev–Trinajstić information content (AvgIpc) is 3.17. The van der Waals surface area contributed by atoms with Gasteiger partial charge in [-0.2, -0.15) is 0 Å². The van der Waals surface area contributed by atoms with Gasteiger partial charge in [0.1, 0.15) is 5.82 Å². The van der Waals surface area contributed by atoms with Gasteiger partial charge < -0.3 is 14.8 Å². The number of benzene rings is 2. The van der Waals surface area contributed by atoms with Crippen LogP contribution in [0.2, 0.25) is 0 Å². The lowest BCUT2D eigenvalue weighted by atomic mass is 10.1. The molecule has 146 valence electrons. The lowest BCUT2D eigenvalue weighted by Gasteiger charge is -2.08. The maximum atomic E-state index is 12.9. The molecule has 8 heteroatoms. The summed E-state index contributed by atoms with van der Waals surface area (Å²) in [6.07, 6.45) is 0. The number of rotatable bonds is 8. The van der Waals surface area contributed by atoms with Gasteiger partial charge in [-0.3, -0.25) is 4.79 Å². The van der Waals surface area contributed by atoms with Gasteiger partial charge in [-0.25, -0.2) is 9.37 Å². The van der Waals surface area contributed by atoms with Crippen LogP contribution in [0.15, 0.2) is 47.8 Å². The van der Waals surface area contributed by atoms with Crippen LogP contribution in [0.4, 0.5) is 9.52 Å². The summed E-state index contributed by atoms with van der Waals surface area (Å²) in [6, 6.07) is 11.8. The van der Waals surface area contributed by atoms with Crippen molar-refractivity contribution in [2.24, 2.45) is 0 Å². The molecule has 0 aliphatic rings. The minimum Gasteiger partial charge on any atom is -0.493 e. The molecule has 1 heterocycles. The van der Waals surface area contributed by atoms with Crippen molar-refractivity contribution in [2.75, 3.05) is 25.3 Å². The molecule has 0 bridgehead atoms. The molecular weight excluding hydrogens is 399 g/mol. The molecule has 5 nitrogen and oxygen atoms in total.